The van der Waals surface area contributed by atoms with Gasteiger partial charge in [-0.15, -0.1) is 0 Å². The second-order valence-electron chi connectivity index (χ2n) is 5.59. The summed E-state index contributed by atoms with van der Waals surface area (Å²) in [5.74, 6) is -2.85. The minimum Gasteiger partial charge on any atom is -0.450 e. The van der Waals surface area contributed by atoms with E-state index in [4.69, 9.17) is 4.74 Å². The van der Waals surface area contributed by atoms with Crippen LogP contribution in [0.25, 0.3) is 16.6 Å². The third-order valence-electron chi connectivity index (χ3n) is 3.85. The van der Waals surface area contributed by atoms with E-state index in [2.05, 4.69) is 0 Å². The molecule has 0 fully saturated rings. The molecule has 3 rings (SSSR count). The summed E-state index contributed by atoms with van der Waals surface area (Å²) in [4.78, 5) is 11.4. The average molecular weight is 338 g/mol. The topological polar surface area (TPSA) is 26.3 Å². The van der Waals surface area contributed by atoms with Gasteiger partial charge in [-0.2, -0.15) is 0 Å². The number of ether oxygens (including phenoxy) is 1. The largest absolute Gasteiger partial charge is 0.450 e. The molecule has 25 heavy (non-hydrogen) atoms. The number of fused-ring (bicyclic) bond motifs is 1. The summed E-state index contributed by atoms with van der Waals surface area (Å²) in [6, 6.07) is 20.4. The normalized spacial score (nSPS) is 13.2. The minimum absolute atomic E-state index is 0.128. The number of hydrogen-bond acceptors (Lipinski definition) is 2. The van der Waals surface area contributed by atoms with Gasteiger partial charge in [-0.3, -0.25) is 4.79 Å². The van der Waals surface area contributed by atoms with Crippen molar-refractivity contribution in [2.45, 2.75) is 13.0 Å². The number of benzene rings is 3. The Kier molecular flexibility index (Phi) is 4.89. The Morgan fingerprint density at radius 3 is 2.24 bits per heavy atom. The Morgan fingerprint density at radius 2 is 1.52 bits per heavy atom. The highest BCUT2D eigenvalue weighted by Crippen LogP contribution is 2.36. The van der Waals surface area contributed by atoms with Gasteiger partial charge >= 0.3 is 5.97 Å². The van der Waals surface area contributed by atoms with Crippen molar-refractivity contribution in [3.63, 3.8) is 0 Å². The second-order valence-corrected chi connectivity index (χ2v) is 5.59. The van der Waals surface area contributed by atoms with E-state index < -0.39 is 23.7 Å². The zero-order valence-corrected chi connectivity index (χ0v) is 13.6. The van der Waals surface area contributed by atoms with Crippen LogP contribution >= 0.6 is 0 Å². The Morgan fingerprint density at radius 1 is 0.880 bits per heavy atom. The molecule has 0 heterocycles. The van der Waals surface area contributed by atoms with Crippen LogP contribution < -0.4 is 0 Å². The van der Waals surface area contributed by atoms with E-state index in [1.165, 1.54) is 13.0 Å². The molecule has 0 saturated heterocycles. The molecule has 1 unspecified atom stereocenters. The van der Waals surface area contributed by atoms with Gasteiger partial charge in [-0.05, 0) is 16.3 Å². The monoisotopic (exact) mass is 338 g/mol. The summed E-state index contributed by atoms with van der Waals surface area (Å²) in [6.45, 7) is 1.17. The van der Waals surface area contributed by atoms with Gasteiger partial charge in [0.1, 0.15) is 0 Å². The van der Waals surface area contributed by atoms with Crippen molar-refractivity contribution in [2.75, 3.05) is 0 Å². The van der Waals surface area contributed by atoms with E-state index in [1.807, 2.05) is 18.2 Å². The zero-order valence-electron chi connectivity index (χ0n) is 13.6. The maximum absolute atomic E-state index is 15.0. The number of carbonyl (C=O) groups excluding carboxylic acids is 1. The van der Waals surface area contributed by atoms with Crippen LogP contribution in [0.1, 0.15) is 24.2 Å². The van der Waals surface area contributed by atoms with Crippen LogP contribution in [0.4, 0.5) is 8.78 Å². The molecule has 126 valence electrons. The first-order chi connectivity index (χ1) is 12.1. The molecule has 1 atom stereocenters. The lowest BCUT2D eigenvalue weighted by molar-refractivity contribution is -0.145. The van der Waals surface area contributed by atoms with Crippen molar-refractivity contribution in [3.05, 3.63) is 89.8 Å². The molecule has 4 heteroatoms. The molecule has 0 saturated carbocycles. The summed E-state index contributed by atoms with van der Waals surface area (Å²) in [5, 5.41) is 1.39. The van der Waals surface area contributed by atoms with Gasteiger partial charge < -0.3 is 4.74 Å². The van der Waals surface area contributed by atoms with Crippen LogP contribution in [-0.4, -0.2) is 5.97 Å². The lowest BCUT2D eigenvalue weighted by Gasteiger charge is -2.17. The number of rotatable bonds is 4. The van der Waals surface area contributed by atoms with E-state index in [-0.39, 0.29) is 5.56 Å². The Hall–Kier alpha value is -3.01. The fourth-order valence-corrected chi connectivity index (χ4v) is 2.72. The van der Waals surface area contributed by atoms with E-state index in [1.54, 1.807) is 48.5 Å². The molecule has 0 amide bonds. The Balaban J connectivity index is 2.13. The van der Waals surface area contributed by atoms with Gasteiger partial charge in [-0.25, -0.2) is 8.78 Å². The average Bonchev–Trinajstić information content (AvgIpc) is 2.65. The molecular formula is C21H16F2O2. The van der Waals surface area contributed by atoms with Crippen LogP contribution in [0.2, 0.25) is 0 Å². The van der Waals surface area contributed by atoms with E-state index in [0.29, 0.717) is 10.9 Å². The third kappa shape index (κ3) is 3.58. The summed E-state index contributed by atoms with van der Waals surface area (Å²) in [7, 11) is 0. The van der Waals surface area contributed by atoms with Gasteiger partial charge in [0, 0.05) is 12.5 Å². The molecule has 0 N–H and O–H groups in total. The van der Waals surface area contributed by atoms with E-state index in [0.717, 1.165) is 5.39 Å². The highest BCUT2D eigenvalue weighted by molar-refractivity contribution is 5.92. The molecule has 0 aliphatic carbocycles. The summed E-state index contributed by atoms with van der Waals surface area (Å²) >= 11 is 0. The van der Waals surface area contributed by atoms with E-state index in [9.17, 15) is 13.6 Å². The quantitative estimate of drug-likeness (QED) is 0.566. The standard InChI is InChI=1S/C21H16F2O2/c1-14(24)25-21(16-9-3-2-4-10-16)20(23)19(22)18-13-7-11-15-8-5-6-12-17(15)18/h2-13,21H,1H3/b20-19-. The number of halogens is 2. The van der Waals surface area contributed by atoms with Gasteiger partial charge in [-0.1, -0.05) is 72.8 Å². The fraction of sp³-hybridized carbons (Fsp3) is 0.0952. The van der Waals surface area contributed by atoms with Gasteiger partial charge in [0.05, 0.1) is 0 Å². The lowest BCUT2D eigenvalue weighted by atomic mass is 10.0. The zero-order chi connectivity index (χ0) is 17.8. The van der Waals surface area contributed by atoms with Crippen molar-refractivity contribution < 1.29 is 18.3 Å². The molecule has 2 nitrogen and oxygen atoms in total. The first-order valence-corrected chi connectivity index (χ1v) is 7.83. The smallest absolute Gasteiger partial charge is 0.303 e. The van der Waals surface area contributed by atoms with Crippen LogP contribution in [0.5, 0.6) is 0 Å². The molecule has 3 aromatic rings. The van der Waals surface area contributed by atoms with Crippen molar-refractivity contribution in [1.82, 2.24) is 0 Å². The summed E-state index contributed by atoms with van der Waals surface area (Å²) < 4.78 is 34.9. The van der Waals surface area contributed by atoms with Gasteiger partial charge in [0.25, 0.3) is 0 Å². The maximum atomic E-state index is 15.0. The second kappa shape index (κ2) is 7.26. The maximum Gasteiger partial charge on any atom is 0.303 e. The minimum atomic E-state index is -1.42. The van der Waals surface area contributed by atoms with Crippen molar-refractivity contribution >= 4 is 22.6 Å². The first-order valence-electron chi connectivity index (χ1n) is 7.83. The van der Waals surface area contributed by atoms with Crippen molar-refractivity contribution in [2.24, 2.45) is 0 Å². The number of esters is 1. The van der Waals surface area contributed by atoms with Crippen molar-refractivity contribution in [1.29, 1.82) is 0 Å². The fourth-order valence-electron chi connectivity index (χ4n) is 2.72. The summed E-state index contributed by atoms with van der Waals surface area (Å²) in [5.41, 5.74) is 0.495. The Bertz CT molecular complexity index is 928. The van der Waals surface area contributed by atoms with Crippen LogP contribution in [-0.2, 0) is 9.53 Å². The highest BCUT2D eigenvalue weighted by Gasteiger charge is 2.25. The van der Waals surface area contributed by atoms with Crippen molar-refractivity contribution in [3.8, 4) is 0 Å². The highest BCUT2D eigenvalue weighted by atomic mass is 19.2. The van der Waals surface area contributed by atoms with Crippen LogP contribution in [0.15, 0.2) is 78.6 Å². The molecule has 0 radical (unpaired) electrons. The molecule has 0 aliphatic heterocycles. The molecule has 0 spiro atoms. The molecular weight excluding hydrogens is 322 g/mol. The van der Waals surface area contributed by atoms with Gasteiger partial charge in [0.2, 0.25) is 0 Å². The predicted molar refractivity (Wildman–Crippen MR) is 94.0 cm³/mol. The molecule has 3 aromatic carbocycles. The van der Waals surface area contributed by atoms with Crippen LogP contribution in [0, 0.1) is 0 Å². The molecule has 0 aromatic heterocycles. The SMILES string of the molecule is CC(=O)OC(/C(F)=C(/F)c1cccc2ccccc12)c1ccccc1. The van der Waals surface area contributed by atoms with E-state index >= 15 is 0 Å². The summed E-state index contributed by atoms with van der Waals surface area (Å²) in [6.07, 6.45) is -1.42. The molecule has 0 bridgehead atoms. The Labute approximate surface area is 144 Å². The lowest BCUT2D eigenvalue weighted by Crippen LogP contribution is -2.10. The van der Waals surface area contributed by atoms with Crippen LogP contribution in [0.3, 0.4) is 0 Å². The predicted octanol–water partition coefficient (Wildman–Crippen LogP) is 5.75. The number of carbonyl (C=O) groups is 1. The molecule has 0 aliphatic rings. The van der Waals surface area contributed by atoms with Gasteiger partial charge in [0.15, 0.2) is 17.8 Å². The first kappa shape index (κ1) is 16.8. The number of hydrogen-bond donors (Lipinski definition) is 0. The third-order valence-corrected chi connectivity index (χ3v) is 3.85.